The molecule has 1 aliphatic rings. The van der Waals surface area contributed by atoms with E-state index in [1.807, 2.05) is 0 Å². The fourth-order valence-electron chi connectivity index (χ4n) is 0.958. The zero-order valence-corrected chi connectivity index (χ0v) is 6.73. The van der Waals surface area contributed by atoms with E-state index >= 15 is 0 Å². The third kappa shape index (κ3) is 2.32. The highest BCUT2D eigenvalue weighted by Crippen LogP contribution is 2.13. The van der Waals surface area contributed by atoms with Crippen molar-refractivity contribution >= 4 is 5.97 Å². The van der Waals surface area contributed by atoms with Crippen molar-refractivity contribution in [1.82, 2.24) is 0 Å². The fraction of sp³-hybridized carbons (Fsp3) is 0.625. The van der Waals surface area contributed by atoms with Crippen LogP contribution in [0.15, 0.2) is 12.7 Å². The number of rotatable bonds is 3. The topological polar surface area (TPSA) is 55.8 Å². The van der Waals surface area contributed by atoms with E-state index < -0.39 is 11.9 Å². The third-order valence-electron chi connectivity index (χ3n) is 1.67. The Labute approximate surface area is 70.8 Å². The predicted molar refractivity (Wildman–Crippen MR) is 41.6 cm³/mol. The van der Waals surface area contributed by atoms with Crippen molar-refractivity contribution in [2.24, 2.45) is 5.92 Å². The van der Waals surface area contributed by atoms with Crippen LogP contribution in [-0.2, 0) is 14.3 Å². The van der Waals surface area contributed by atoms with Crippen LogP contribution in [0, 0.1) is 5.92 Å². The van der Waals surface area contributed by atoms with Crippen LogP contribution in [0.4, 0.5) is 0 Å². The predicted octanol–water partition coefficient (Wildman–Crippen LogP) is 0.636. The molecule has 0 bridgehead atoms. The van der Waals surface area contributed by atoms with Gasteiger partial charge in [0.05, 0.1) is 13.2 Å². The van der Waals surface area contributed by atoms with Crippen molar-refractivity contribution in [3.05, 3.63) is 12.7 Å². The molecule has 0 aliphatic carbocycles. The van der Waals surface area contributed by atoms with Gasteiger partial charge >= 0.3 is 5.97 Å². The maximum atomic E-state index is 10.4. The van der Waals surface area contributed by atoms with Crippen molar-refractivity contribution < 1.29 is 19.4 Å². The maximum Gasteiger partial charge on any atom is 0.311 e. The van der Waals surface area contributed by atoms with Crippen molar-refractivity contribution in [1.29, 1.82) is 0 Å². The molecule has 0 aromatic heterocycles. The first kappa shape index (κ1) is 9.22. The molecular weight excluding hydrogens is 160 g/mol. The Hall–Kier alpha value is -0.870. The molecule has 0 aromatic rings. The number of aliphatic carboxylic acids is 1. The highest BCUT2D eigenvalue weighted by Gasteiger charge is 2.26. The van der Waals surface area contributed by atoms with Gasteiger partial charge in [-0.15, -0.1) is 6.58 Å². The summed E-state index contributed by atoms with van der Waals surface area (Å²) in [6, 6.07) is 0. The summed E-state index contributed by atoms with van der Waals surface area (Å²) in [5.41, 5.74) is 0. The Morgan fingerprint density at radius 2 is 2.17 bits per heavy atom. The molecule has 1 heterocycles. The molecule has 0 spiro atoms. The zero-order valence-electron chi connectivity index (χ0n) is 6.73. The van der Waals surface area contributed by atoms with Crippen molar-refractivity contribution in [2.45, 2.75) is 12.7 Å². The number of hydrogen-bond acceptors (Lipinski definition) is 3. The van der Waals surface area contributed by atoms with Gasteiger partial charge in [0.1, 0.15) is 5.92 Å². The zero-order chi connectivity index (χ0) is 8.97. The molecule has 0 saturated carbocycles. The summed E-state index contributed by atoms with van der Waals surface area (Å²) in [7, 11) is 0. The van der Waals surface area contributed by atoms with Crippen LogP contribution >= 0.6 is 0 Å². The molecule has 1 aliphatic heterocycles. The molecule has 0 unspecified atom stereocenters. The van der Waals surface area contributed by atoms with Crippen LogP contribution in [0.25, 0.3) is 0 Å². The number of carboxylic acids is 1. The highest BCUT2D eigenvalue weighted by atomic mass is 16.7. The first-order valence-corrected chi connectivity index (χ1v) is 3.81. The van der Waals surface area contributed by atoms with E-state index in [-0.39, 0.29) is 19.5 Å². The molecule has 1 saturated heterocycles. The number of ether oxygens (including phenoxy) is 2. The molecule has 4 heteroatoms. The molecule has 12 heavy (non-hydrogen) atoms. The van der Waals surface area contributed by atoms with E-state index in [2.05, 4.69) is 6.58 Å². The summed E-state index contributed by atoms with van der Waals surface area (Å²) in [5, 5.41) is 8.57. The van der Waals surface area contributed by atoms with Crippen LogP contribution in [0.5, 0.6) is 0 Å². The first-order chi connectivity index (χ1) is 5.74. The molecule has 0 atom stereocenters. The lowest BCUT2D eigenvalue weighted by Gasteiger charge is -2.26. The Balaban J connectivity index is 2.29. The van der Waals surface area contributed by atoms with Gasteiger partial charge in [-0.1, -0.05) is 6.08 Å². The average molecular weight is 172 g/mol. The van der Waals surface area contributed by atoms with Gasteiger partial charge in [0, 0.05) is 6.42 Å². The molecule has 4 nitrogen and oxygen atoms in total. The molecule has 1 rings (SSSR count). The Morgan fingerprint density at radius 1 is 1.58 bits per heavy atom. The van der Waals surface area contributed by atoms with Crippen molar-refractivity contribution in [3.63, 3.8) is 0 Å². The minimum Gasteiger partial charge on any atom is -0.481 e. The Kier molecular flexibility index (Phi) is 3.25. The normalized spacial score (nSPS) is 29.7. The summed E-state index contributed by atoms with van der Waals surface area (Å²) in [6.07, 6.45) is 1.98. The van der Waals surface area contributed by atoms with E-state index in [0.717, 1.165) is 0 Å². The largest absolute Gasteiger partial charge is 0.481 e. The molecule has 0 aromatic carbocycles. The summed E-state index contributed by atoms with van der Waals surface area (Å²) < 4.78 is 10.2. The smallest absolute Gasteiger partial charge is 0.311 e. The van der Waals surface area contributed by atoms with Gasteiger partial charge in [-0.05, 0) is 0 Å². The van der Waals surface area contributed by atoms with Crippen molar-refractivity contribution in [3.8, 4) is 0 Å². The quantitative estimate of drug-likeness (QED) is 0.634. The van der Waals surface area contributed by atoms with Crippen LogP contribution in [0.2, 0.25) is 0 Å². The first-order valence-electron chi connectivity index (χ1n) is 3.81. The van der Waals surface area contributed by atoms with E-state index in [0.29, 0.717) is 6.42 Å². The lowest BCUT2D eigenvalue weighted by atomic mass is 10.1. The number of hydrogen-bond donors (Lipinski definition) is 1. The third-order valence-corrected chi connectivity index (χ3v) is 1.67. The molecular formula is C8H12O4. The maximum absolute atomic E-state index is 10.4. The van der Waals surface area contributed by atoms with E-state index in [1.54, 1.807) is 6.08 Å². The molecule has 1 N–H and O–H groups in total. The second kappa shape index (κ2) is 4.23. The van der Waals surface area contributed by atoms with Crippen LogP contribution < -0.4 is 0 Å². The summed E-state index contributed by atoms with van der Waals surface area (Å²) >= 11 is 0. The fourth-order valence-corrected chi connectivity index (χ4v) is 0.958. The van der Waals surface area contributed by atoms with Crippen LogP contribution in [0.3, 0.4) is 0 Å². The van der Waals surface area contributed by atoms with E-state index in [1.165, 1.54) is 0 Å². The van der Waals surface area contributed by atoms with Gasteiger partial charge < -0.3 is 14.6 Å². The second-order valence-electron chi connectivity index (χ2n) is 2.66. The summed E-state index contributed by atoms with van der Waals surface area (Å²) in [4.78, 5) is 10.4. The number of carboxylic acid groups (broad SMARTS) is 1. The lowest BCUT2D eigenvalue weighted by Crippen LogP contribution is -2.35. The van der Waals surface area contributed by atoms with Gasteiger partial charge in [-0.3, -0.25) is 4.79 Å². The van der Waals surface area contributed by atoms with Crippen molar-refractivity contribution in [2.75, 3.05) is 13.2 Å². The summed E-state index contributed by atoms with van der Waals surface area (Å²) in [5.74, 6) is -1.39. The molecule has 1 fully saturated rings. The monoisotopic (exact) mass is 172 g/mol. The SMILES string of the molecule is C=CCC1OCC(C(=O)O)CO1. The molecule has 0 amide bonds. The second-order valence-corrected chi connectivity index (χ2v) is 2.66. The number of carbonyl (C=O) groups is 1. The van der Waals surface area contributed by atoms with Gasteiger partial charge in [0.25, 0.3) is 0 Å². The van der Waals surface area contributed by atoms with Gasteiger partial charge in [0.15, 0.2) is 6.29 Å². The van der Waals surface area contributed by atoms with Gasteiger partial charge in [0.2, 0.25) is 0 Å². The lowest BCUT2D eigenvalue weighted by molar-refractivity contribution is -0.205. The molecule has 68 valence electrons. The highest BCUT2D eigenvalue weighted by molar-refractivity contribution is 5.70. The van der Waals surface area contributed by atoms with Gasteiger partial charge in [-0.25, -0.2) is 0 Å². The van der Waals surface area contributed by atoms with E-state index in [9.17, 15) is 4.79 Å². The average Bonchev–Trinajstić information content (AvgIpc) is 2.06. The van der Waals surface area contributed by atoms with E-state index in [4.69, 9.17) is 14.6 Å². The molecule has 0 radical (unpaired) electrons. The Morgan fingerprint density at radius 3 is 2.58 bits per heavy atom. The Bertz CT molecular complexity index is 170. The summed E-state index contributed by atoms with van der Waals surface area (Å²) in [6.45, 7) is 3.99. The standard InChI is InChI=1S/C8H12O4/c1-2-3-7-11-4-6(5-12-7)8(9)10/h2,6-7H,1,3-5H2,(H,9,10). The van der Waals surface area contributed by atoms with Crippen LogP contribution in [0.1, 0.15) is 6.42 Å². The minimum absolute atomic E-state index is 0.230. The van der Waals surface area contributed by atoms with Crippen LogP contribution in [-0.4, -0.2) is 30.6 Å². The minimum atomic E-state index is -0.868. The van der Waals surface area contributed by atoms with Gasteiger partial charge in [-0.2, -0.15) is 0 Å².